The van der Waals surface area contributed by atoms with E-state index in [1.54, 1.807) is 0 Å². The topological polar surface area (TPSA) is 26.3 Å². The molecular weight excluding hydrogens is 248 g/mol. The van der Waals surface area contributed by atoms with Gasteiger partial charge in [0.2, 0.25) is 0 Å². The summed E-state index contributed by atoms with van der Waals surface area (Å²) < 4.78 is 5.54. The minimum atomic E-state index is 0.214. The smallest absolute Gasteiger partial charge is 0.140 e. The molecule has 2 aromatic carbocycles. The molecule has 0 spiro atoms. The Labute approximate surface area is 120 Å². The zero-order valence-corrected chi connectivity index (χ0v) is 12.1. The first-order valence-electron chi connectivity index (χ1n) is 6.90. The number of carbonyl (C=O) groups excluding carboxylic acids is 1. The Morgan fingerprint density at radius 1 is 1.00 bits per heavy atom. The van der Waals surface area contributed by atoms with E-state index in [9.17, 15) is 4.79 Å². The van der Waals surface area contributed by atoms with Crippen LogP contribution in [0.25, 0.3) is 0 Å². The molecule has 2 nitrogen and oxygen atoms in total. The van der Waals surface area contributed by atoms with Crippen molar-refractivity contribution in [1.82, 2.24) is 0 Å². The quantitative estimate of drug-likeness (QED) is 0.794. The van der Waals surface area contributed by atoms with Crippen LogP contribution in [-0.2, 0) is 11.2 Å². The average molecular weight is 268 g/mol. The Morgan fingerprint density at radius 3 is 2.30 bits per heavy atom. The number of ketones is 1. The summed E-state index contributed by atoms with van der Waals surface area (Å²) in [6, 6.07) is 15.8. The van der Waals surface area contributed by atoms with E-state index in [1.807, 2.05) is 30.3 Å². The summed E-state index contributed by atoms with van der Waals surface area (Å²) >= 11 is 0. The highest BCUT2D eigenvalue weighted by molar-refractivity contribution is 5.81. The van der Waals surface area contributed by atoms with Crippen molar-refractivity contribution in [2.75, 3.05) is 6.61 Å². The standard InChI is InChI=1S/C18H20O2/c1-14-10-15(2)12-16(11-14)13-17(19)8-9-20-18-6-4-3-5-7-18/h3-7,10-12H,8-9,13H2,1-2H3. The molecule has 0 saturated heterocycles. The Kier molecular flexibility index (Phi) is 4.94. The fourth-order valence-electron chi connectivity index (χ4n) is 2.29. The van der Waals surface area contributed by atoms with E-state index in [1.165, 1.54) is 11.1 Å². The van der Waals surface area contributed by atoms with Crippen LogP contribution in [0.2, 0.25) is 0 Å². The summed E-state index contributed by atoms with van der Waals surface area (Å²) in [6.07, 6.45) is 0.933. The highest BCUT2D eigenvalue weighted by Gasteiger charge is 2.05. The fourth-order valence-corrected chi connectivity index (χ4v) is 2.29. The lowest BCUT2D eigenvalue weighted by Crippen LogP contribution is -2.09. The van der Waals surface area contributed by atoms with Crippen LogP contribution in [0.4, 0.5) is 0 Å². The summed E-state index contributed by atoms with van der Waals surface area (Å²) in [4.78, 5) is 11.9. The van der Waals surface area contributed by atoms with E-state index >= 15 is 0 Å². The van der Waals surface area contributed by atoms with E-state index in [4.69, 9.17) is 4.74 Å². The van der Waals surface area contributed by atoms with E-state index in [0.717, 1.165) is 11.3 Å². The second kappa shape index (κ2) is 6.90. The summed E-state index contributed by atoms with van der Waals surface area (Å²) in [5, 5.41) is 0. The van der Waals surface area contributed by atoms with Crippen molar-refractivity contribution < 1.29 is 9.53 Å². The van der Waals surface area contributed by atoms with Crippen molar-refractivity contribution in [3.63, 3.8) is 0 Å². The number of aryl methyl sites for hydroxylation is 2. The van der Waals surface area contributed by atoms with Gasteiger partial charge < -0.3 is 4.74 Å². The van der Waals surface area contributed by atoms with Crippen LogP contribution in [0, 0.1) is 13.8 Å². The van der Waals surface area contributed by atoms with Gasteiger partial charge in [-0.3, -0.25) is 4.79 Å². The Morgan fingerprint density at radius 2 is 1.65 bits per heavy atom. The van der Waals surface area contributed by atoms with Crippen molar-refractivity contribution in [3.8, 4) is 5.75 Å². The lowest BCUT2D eigenvalue weighted by atomic mass is 10.0. The minimum Gasteiger partial charge on any atom is -0.493 e. The minimum absolute atomic E-state index is 0.214. The Hall–Kier alpha value is -2.09. The first-order chi connectivity index (χ1) is 9.63. The number of rotatable bonds is 6. The number of Topliss-reactive ketones (excluding diaryl/α,β-unsaturated/α-hetero) is 1. The van der Waals surface area contributed by atoms with Gasteiger partial charge >= 0.3 is 0 Å². The molecule has 2 rings (SSSR count). The molecule has 0 atom stereocenters. The van der Waals surface area contributed by atoms with E-state index in [0.29, 0.717) is 19.4 Å². The molecule has 20 heavy (non-hydrogen) atoms. The molecule has 2 aromatic rings. The highest BCUT2D eigenvalue weighted by Crippen LogP contribution is 2.11. The molecule has 0 heterocycles. The Bertz CT molecular complexity index is 553. The maximum Gasteiger partial charge on any atom is 0.140 e. The van der Waals surface area contributed by atoms with Crippen LogP contribution in [0.1, 0.15) is 23.1 Å². The number of hydrogen-bond donors (Lipinski definition) is 0. The summed E-state index contributed by atoms with van der Waals surface area (Å²) in [6.45, 7) is 4.55. The van der Waals surface area contributed by atoms with Gasteiger partial charge in [-0.2, -0.15) is 0 Å². The average Bonchev–Trinajstić information content (AvgIpc) is 2.38. The third kappa shape index (κ3) is 4.54. The molecule has 0 fully saturated rings. The van der Waals surface area contributed by atoms with E-state index < -0.39 is 0 Å². The first kappa shape index (κ1) is 14.3. The molecule has 0 unspecified atom stereocenters. The summed E-state index contributed by atoms with van der Waals surface area (Å²) in [7, 11) is 0. The lowest BCUT2D eigenvalue weighted by Gasteiger charge is -2.06. The van der Waals surface area contributed by atoms with Crippen LogP contribution in [-0.4, -0.2) is 12.4 Å². The van der Waals surface area contributed by atoms with Gasteiger partial charge in [0.25, 0.3) is 0 Å². The molecule has 0 aromatic heterocycles. The van der Waals surface area contributed by atoms with Crippen LogP contribution >= 0.6 is 0 Å². The lowest BCUT2D eigenvalue weighted by molar-refractivity contribution is -0.118. The van der Waals surface area contributed by atoms with E-state index in [2.05, 4.69) is 32.0 Å². The monoisotopic (exact) mass is 268 g/mol. The second-order valence-corrected chi connectivity index (χ2v) is 5.12. The number of hydrogen-bond acceptors (Lipinski definition) is 2. The predicted octanol–water partition coefficient (Wildman–Crippen LogP) is 3.88. The van der Waals surface area contributed by atoms with Crippen LogP contribution in [0.3, 0.4) is 0 Å². The first-order valence-corrected chi connectivity index (χ1v) is 6.90. The third-order valence-corrected chi connectivity index (χ3v) is 3.08. The SMILES string of the molecule is Cc1cc(C)cc(CC(=O)CCOc2ccccc2)c1. The molecular formula is C18H20O2. The zero-order chi connectivity index (χ0) is 14.4. The largest absolute Gasteiger partial charge is 0.493 e. The van der Waals surface area contributed by atoms with Gasteiger partial charge in [-0.15, -0.1) is 0 Å². The van der Waals surface area contributed by atoms with Crippen molar-refractivity contribution in [2.45, 2.75) is 26.7 Å². The van der Waals surface area contributed by atoms with Crippen molar-refractivity contribution in [1.29, 1.82) is 0 Å². The van der Waals surface area contributed by atoms with Crippen molar-refractivity contribution >= 4 is 5.78 Å². The molecule has 0 aliphatic carbocycles. The summed E-state index contributed by atoms with van der Waals surface area (Å²) in [5.74, 6) is 1.03. The van der Waals surface area contributed by atoms with Gasteiger partial charge in [-0.25, -0.2) is 0 Å². The van der Waals surface area contributed by atoms with Gasteiger partial charge in [0, 0.05) is 12.8 Å². The molecule has 0 amide bonds. The van der Waals surface area contributed by atoms with Gasteiger partial charge in [0.05, 0.1) is 6.61 Å². The van der Waals surface area contributed by atoms with Crippen molar-refractivity contribution in [3.05, 3.63) is 65.2 Å². The number of carbonyl (C=O) groups is 1. The number of para-hydroxylation sites is 1. The maximum absolute atomic E-state index is 11.9. The number of benzene rings is 2. The number of ether oxygens (including phenoxy) is 1. The Balaban J connectivity index is 1.81. The second-order valence-electron chi connectivity index (χ2n) is 5.12. The zero-order valence-electron chi connectivity index (χ0n) is 12.1. The van der Waals surface area contributed by atoms with Gasteiger partial charge in [-0.1, -0.05) is 47.5 Å². The predicted molar refractivity (Wildman–Crippen MR) is 81.2 cm³/mol. The third-order valence-electron chi connectivity index (χ3n) is 3.08. The molecule has 2 heteroatoms. The fraction of sp³-hybridized carbons (Fsp3) is 0.278. The molecule has 104 valence electrons. The molecule has 0 radical (unpaired) electrons. The highest BCUT2D eigenvalue weighted by atomic mass is 16.5. The van der Waals surface area contributed by atoms with Gasteiger partial charge in [-0.05, 0) is 31.5 Å². The molecule has 0 aliphatic rings. The van der Waals surface area contributed by atoms with Gasteiger partial charge in [0.15, 0.2) is 0 Å². The van der Waals surface area contributed by atoms with Crippen LogP contribution in [0.15, 0.2) is 48.5 Å². The van der Waals surface area contributed by atoms with Crippen molar-refractivity contribution in [2.24, 2.45) is 0 Å². The normalized spacial score (nSPS) is 10.3. The van der Waals surface area contributed by atoms with Crippen LogP contribution in [0.5, 0.6) is 5.75 Å². The molecule has 0 N–H and O–H groups in total. The molecule has 0 saturated carbocycles. The molecule has 0 bridgehead atoms. The van der Waals surface area contributed by atoms with Crippen LogP contribution < -0.4 is 4.74 Å². The van der Waals surface area contributed by atoms with Gasteiger partial charge in [0.1, 0.15) is 11.5 Å². The molecule has 0 aliphatic heterocycles. The van der Waals surface area contributed by atoms with E-state index in [-0.39, 0.29) is 5.78 Å². The summed E-state index contributed by atoms with van der Waals surface area (Å²) in [5.41, 5.74) is 3.49. The maximum atomic E-state index is 11.9.